The van der Waals surface area contributed by atoms with Crippen molar-refractivity contribution in [3.05, 3.63) is 66.1 Å². The highest BCUT2D eigenvalue weighted by molar-refractivity contribution is 7.90. The zero-order chi connectivity index (χ0) is 23.8. The largest absolute Gasteiger partial charge is 0.465 e. The minimum Gasteiger partial charge on any atom is -0.465 e. The molecular formula is C24H25FN2O5S. The van der Waals surface area contributed by atoms with Crippen molar-refractivity contribution in [1.29, 1.82) is 0 Å². The summed E-state index contributed by atoms with van der Waals surface area (Å²) in [4.78, 5) is 26.7. The number of ketones is 1. The molecule has 0 bridgehead atoms. The van der Waals surface area contributed by atoms with E-state index in [2.05, 4.69) is 0 Å². The second kappa shape index (κ2) is 8.62. The number of carbonyl (C=O) groups excluding carboxylic acids is 1. The van der Waals surface area contributed by atoms with E-state index in [0.717, 1.165) is 3.97 Å². The summed E-state index contributed by atoms with van der Waals surface area (Å²) in [5.74, 6) is -0.890. The first-order chi connectivity index (χ1) is 15.7. The SMILES string of the molecule is CCCC1(C(=O)c2cc3cc(F)ccc3n2S(=O)(=O)c2ccccc2)CCN(C(=O)O)CC1. The van der Waals surface area contributed by atoms with Gasteiger partial charge in [0.25, 0.3) is 10.0 Å². The Labute approximate surface area is 191 Å². The van der Waals surface area contributed by atoms with E-state index in [1.165, 1.54) is 41.3 Å². The first kappa shape index (κ1) is 23.0. The van der Waals surface area contributed by atoms with Gasteiger partial charge in [0.2, 0.25) is 0 Å². The van der Waals surface area contributed by atoms with E-state index in [1.54, 1.807) is 18.2 Å². The molecule has 0 saturated carbocycles. The number of hydrogen-bond acceptors (Lipinski definition) is 4. The lowest BCUT2D eigenvalue weighted by molar-refractivity contribution is 0.0547. The van der Waals surface area contributed by atoms with E-state index in [0.29, 0.717) is 31.1 Å². The summed E-state index contributed by atoms with van der Waals surface area (Å²) in [7, 11) is -4.15. The Kier molecular flexibility index (Phi) is 6.00. The van der Waals surface area contributed by atoms with Crippen LogP contribution in [0, 0.1) is 11.2 Å². The predicted molar refractivity (Wildman–Crippen MR) is 121 cm³/mol. The minimum atomic E-state index is -4.15. The van der Waals surface area contributed by atoms with Gasteiger partial charge in [-0.3, -0.25) is 4.79 Å². The van der Waals surface area contributed by atoms with Gasteiger partial charge in [0.15, 0.2) is 5.78 Å². The van der Waals surface area contributed by atoms with Gasteiger partial charge in [-0.25, -0.2) is 21.6 Å². The van der Waals surface area contributed by atoms with Gasteiger partial charge >= 0.3 is 6.09 Å². The average molecular weight is 473 g/mol. The van der Waals surface area contributed by atoms with Crippen molar-refractivity contribution in [3.8, 4) is 0 Å². The van der Waals surface area contributed by atoms with Crippen molar-refractivity contribution in [1.82, 2.24) is 8.87 Å². The summed E-state index contributed by atoms with van der Waals surface area (Å²) < 4.78 is 42.3. The van der Waals surface area contributed by atoms with Gasteiger partial charge in [0, 0.05) is 23.9 Å². The Balaban J connectivity index is 1.89. The lowest BCUT2D eigenvalue weighted by Gasteiger charge is -2.39. The van der Waals surface area contributed by atoms with E-state index in [9.17, 15) is 27.5 Å². The lowest BCUT2D eigenvalue weighted by atomic mass is 9.71. The predicted octanol–water partition coefficient (Wildman–Crippen LogP) is 4.76. The molecule has 1 aliphatic heterocycles. The molecule has 0 spiro atoms. The van der Waals surface area contributed by atoms with Crippen LogP contribution in [0.5, 0.6) is 0 Å². The van der Waals surface area contributed by atoms with E-state index in [-0.39, 0.29) is 35.0 Å². The van der Waals surface area contributed by atoms with E-state index in [4.69, 9.17) is 0 Å². The van der Waals surface area contributed by atoms with Gasteiger partial charge < -0.3 is 10.0 Å². The number of carbonyl (C=O) groups is 2. The second-order valence-electron chi connectivity index (χ2n) is 8.44. The van der Waals surface area contributed by atoms with Gasteiger partial charge in [-0.1, -0.05) is 31.5 Å². The maximum Gasteiger partial charge on any atom is 0.407 e. The number of nitrogens with zero attached hydrogens (tertiary/aromatic N) is 2. The molecule has 0 atom stereocenters. The summed E-state index contributed by atoms with van der Waals surface area (Å²) in [5.41, 5.74) is -0.702. The summed E-state index contributed by atoms with van der Waals surface area (Å²) in [6.45, 7) is 2.33. The van der Waals surface area contributed by atoms with Crippen molar-refractivity contribution in [2.24, 2.45) is 5.41 Å². The number of benzene rings is 2. The monoisotopic (exact) mass is 472 g/mol. The third-order valence-electron chi connectivity index (χ3n) is 6.43. The summed E-state index contributed by atoms with van der Waals surface area (Å²) in [5, 5.41) is 9.63. The lowest BCUT2D eigenvalue weighted by Crippen LogP contribution is -2.46. The van der Waals surface area contributed by atoms with Crippen LogP contribution in [0.3, 0.4) is 0 Å². The van der Waals surface area contributed by atoms with Gasteiger partial charge in [-0.05, 0) is 55.7 Å². The molecule has 1 amide bonds. The smallest absolute Gasteiger partial charge is 0.407 e. The number of amides is 1. The van der Waals surface area contributed by atoms with Crippen molar-refractivity contribution < 1.29 is 27.5 Å². The molecule has 33 heavy (non-hydrogen) atoms. The number of piperidine rings is 1. The number of rotatable bonds is 6. The zero-order valence-electron chi connectivity index (χ0n) is 18.2. The van der Waals surface area contributed by atoms with E-state index in [1.807, 2.05) is 6.92 Å². The van der Waals surface area contributed by atoms with Gasteiger partial charge in [0.05, 0.1) is 10.4 Å². The molecule has 0 unspecified atom stereocenters. The normalized spacial score (nSPS) is 16.1. The van der Waals surface area contributed by atoms with Crippen LogP contribution in [0.1, 0.15) is 43.1 Å². The van der Waals surface area contributed by atoms with Crippen molar-refractivity contribution in [3.63, 3.8) is 0 Å². The molecule has 1 fully saturated rings. The number of hydrogen-bond donors (Lipinski definition) is 1. The third-order valence-corrected chi connectivity index (χ3v) is 8.18. The Hall–Kier alpha value is -3.20. The molecule has 9 heteroatoms. The molecule has 1 N–H and O–H groups in total. The highest BCUT2D eigenvalue weighted by atomic mass is 32.2. The Morgan fingerprint density at radius 3 is 2.33 bits per heavy atom. The fourth-order valence-electron chi connectivity index (χ4n) is 4.74. The number of likely N-dealkylation sites (tertiary alicyclic amines) is 1. The van der Waals surface area contributed by atoms with Gasteiger partial charge in [-0.15, -0.1) is 0 Å². The number of fused-ring (bicyclic) bond motifs is 1. The zero-order valence-corrected chi connectivity index (χ0v) is 19.0. The molecular weight excluding hydrogens is 447 g/mol. The van der Waals surface area contributed by atoms with Crippen LogP contribution >= 0.6 is 0 Å². The quantitative estimate of drug-likeness (QED) is 0.522. The maximum absolute atomic E-state index is 14.0. The molecule has 3 aromatic rings. The molecule has 174 valence electrons. The first-order valence-corrected chi connectivity index (χ1v) is 12.3. The molecule has 7 nitrogen and oxygen atoms in total. The topological polar surface area (TPSA) is 96.7 Å². The molecule has 1 aliphatic rings. The molecule has 0 radical (unpaired) electrons. The van der Waals surface area contributed by atoms with Gasteiger partial charge in [0.1, 0.15) is 11.5 Å². The molecule has 4 rings (SSSR count). The first-order valence-electron chi connectivity index (χ1n) is 10.8. The van der Waals surface area contributed by atoms with Crippen LogP contribution in [-0.4, -0.2) is 47.4 Å². The van der Waals surface area contributed by atoms with Gasteiger partial charge in [-0.2, -0.15) is 0 Å². The number of carboxylic acid groups (broad SMARTS) is 1. The molecule has 1 saturated heterocycles. The fourth-order valence-corrected chi connectivity index (χ4v) is 6.27. The van der Waals surface area contributed by atoms with Crippen LogP contribution < -0.4 is 0 Å². The average Bonchev–Trinajstić information content (AvgIpc) is 3.19. The van der Waals surface area contributed by atoms with Crippen LogP contribution in [0.4, 0.5) is 9.18 Å². The number of Topliss-reactive ketones (excluding diaryl/α,β-unsaturated/α-hetero) is 1. The van der Waals surface area contributed by atoms with Crippen molar-refractivity contribution in [2.45, 2.75) is 37.5 Å². The second-order valence-corrected chi connectivity index (χ2v) is 10.2. The van der Waals surface area contributed by atoms with E-state index >= 15 is 0 Å². The Morgan fingerprint density at radius 2 is 1.73 bits per heavy atom. The summed E-state index contributed by atoms with van der Waals surface area (Å²) in [6, 6.07) is 13.0. The minimum absolute atomic E-state index is 0.0195. The highest BCUT2D eigenvalue weighted by Gasteiger charge is 2.44. The molecule has 0 aliphatic carbocycles. The van der Waals surface area contributed by atoms with Crippen molar-refractivity contribution >= 4 is 32.8 Å². The van der Waals surface area contributed by atoms with E-state index < -0.39 is 27.3 Å². The molecule has 2 heterocycles. The standard InChI is InChI=1S/C24H25FN2O5S/c1-2-10-24(11-13-26(14-12-24)23(29)30)22(28)21-16-17-15-18(25)8-9-20(17)27(21)33(31,32)19-6-4-3-5-7-19/h3-9,15-16H,2,10-14H2,1H3,(H,29,30). The molecule has 2 aromatic carbocycles. The van der Waals surface area contributed by atoms with Crippen LogP contribution in [-0.2, 0) is 10.0 Å². The maximum atomic E-state index is 14.0. The third kappa shape index (κ3) is 4.01. The summed E-state index contributed by atoms with van der Waals surface area (Å²) in [6.07, 6.45) is 0.740. The number of aromatic nitrogens is 1. The summed E-state index contributed by atoms with van der Waals surface area (Å²) >= 11 is 0. The van der Waals surface area contributed by atoms with Crippen LogP contribution in [0.2, 0.25) is 0 Å². The van der Waals surface area contributed by atoms with Crippen LogP contribution in [0.25, 0.3) is 10.9 Å². The fraction of sp³-hybridized carbons (Fsp3) is 0.333. The highest BCUT2D eigenvalue weighted by Crippen LogP contribution is 2.41. The Bertz CT molecular complexity index is 1310. The Morgan fingerprint density at radius 1 is 1.06 bits per heavy atom. The van der Waals surface area contributed by atoms with Crippen molar-refractivity contribution in [2.75, 3.05) is 13.1 Å². The van der Waals surface area contributed by atoms with Crippen LogP contribution in [0.15, 0.2) is 59.5 Å². The number of halogens is 1. The molecule has 1 aromatic heterocycles.